The Morgan fingerprint density at radius 3 is 1.80 bits per heavy atom. The van der Waals surface area contributed by atoms with E-state index in [0.717, 1.165) is 45.7 Å². The Morgan fingerprint density at radius 1 is 0.733 bits per heavy atom. The lowest BCUT2D eigenvalue weighted by Crippen LogP contribution is -2.22. The summed E-state index contributed by atoms with van der Waals surface area (Å²) in [7, 11) is 2.52. The van der Waals surface area contributed by atoms with E-state index >= 15 is 0 Å². The molecule has 92 valence electrons. The molecule has 0 heterocycles. The van der Waals surface area contributed by atoms with Crippen LogP contribution in [0.15, 0.2) is 0 Å². The molecule has 5 N–H and O–H groups in total. The average Bonchev–Trinajstić information content (AvgIpc) is 2.26. The lowest BCUT2D eigenvalue weighted by molar-refractivity contribution is 0.568. The molecule has 0 saturated heterocycles. The predicted octanol–water partition coefficient (Wildman–Crippen LogP) is 0.0644. The second kappa shape index (κ2) is 14.3. The van der Waals surface area contributed by atoms with E-state index in [-0.39, 0.29) is 0 Å². The van der Waals surface area contributed by atoms with Crippen LogP contribution in [0.3, 0.4) is 0 Å². The highest BCUT2D eigenvalue weighted by Crippen LogP contribution is 1.85. The average molecular weight is 234 g/mol. The zero-order valence-electron chi connectivity index (χ0n) is 9.73. The summed E-state index contributed by atoms with van der Waals surface area (Å²) in [5.74, 6) is 0. The Hall–Kier alpha value is 0.270. The summed E-state index contributed by atoms with van der Waals surface area (Å²) in [6, 6.07) is 0. The molecule has 0 amide bonds. The van der Waals surface area contributed by atoms with Crippen molar-refractivity contribution in [2.45, 2.75) is 25.7 Å². The fourth-order valence-corrected chi connectivity index (χ4v) is 1.50. The van der Waals surface area contributed by atoms with Crippen molar-refractivity contribution in [3.05, 3.63) is 0 Å². The molecule has 4 nitrogen and oxygen atoms in total. The van der Waals surface area contributed by atoms with Gasteiger partial charge in [0.25, 0.3) is 0 Å². The van der Waals surface area contributed by atoms with Gasteiger partial charge in [0.15, 0.2) is 0 Å². The summed E-state index contributed by atoms with van der Waals surface area (Å²) >= 11 is 0. The van der Waals surface area contributed by atoms with Crippen LogP contribution < -0.4 is 21.5 Å². The van der Waals surface area contributed by atoms with Gasteiger partial charge in [0, 0.05) is 0 Å². The molecule has 5 heteroatoms. The van der Waals surface area contributed by atoms with Crippen LogP contribution in [0, 0.1) is 0 Å². The smallest absolute Gasteiger partial charge is 0.000234 e. The minimum Gasteiger partial charge on any atom is -0.330 e. The molecular formula is C10H27N4P. The van der Waals surface area contributed by atoms with Gasteiger partial charge >= 0.3 is 0 Å². The van der Waals surface area contributed by atoms with Crippen molar-refractivity contribution in [2.24, 2.45) is 5.73 Å². The molecule has 0 fully saturated rings. The topological polar surface area (TPSA) is 62.1 Å². The first-order valence-electron chi connectivity index (χ1n) is 5.96. The van der Waals surface area contributed by atoms with Crippen LogP contribution in [0.5, 0.6) is 0 Å². The zero-order chi connectivity index (χ0) is 11.2. The normalized spacial score (nSPS) is 10.8. The van der Waals surface area contributed by atoms with E-state index in [1.165, 1.54) is 19.3 Å². The summed E-state index contributed by atoms with van der Waals surface area (Å²) in [5, 5.41) is 9.86. The highest BCUT2D eigenvalue weighted by molar-refractivity contribution is 7.13. The maximum absolute atomic E-state index is 5.39. The van der Waals surface area contributed by atoms with E-state index in [9.17, 15) is 0 Å². The third-order valence-corrected chi connectivity index (χ3v) is 2.48. The molecule has 0 spiro atoms. The van der Waals surface area contributed by atoms with Gasteiger partial charge in [-0.25, -0.2) is 0 Å². The van der Waals surface area contributed by atoms with Crippen molar-refractivity contribution in [3.63, 3.8) is 0 Å². The Morgan fingerprint density at radius 2 is 1.27 bits per heavy atom. The Balaban J connectivity index is 2.81. The predicted molar refractivity (Wildman–Crippen MR) is 71.0 cm³/mol. The van der Waals surface area contributed by atoms with Gasteiger partial charge in [-0.05, 0) is 65.0 Å². The molecule has 1 unspecified atom stereocenters. The summed E-state index contributed by atoms with van der Waals surface area (Å²) in [6.45, 7) is 6.28. The van der Waals surface area contributed by atoms with Gasteiger partial charge in [0.1, 0.15) is 0 Å². The van der Waals surface area contributed by atoms with Gasteiger partial charge < -0.3 is 21.5 Å². The third-order valence-electron chi connectivity index (χ3n) is 2.19. The van der Waals surface area contributed by atoms with Crippen molar-refractivity contribution in [1.82, 2.24) is 15.7 Å². The Labute approximate surface area is 96.4 Å². The quantitative estimate of drug-likeness (QED) is 0.285. The lowest BCUT2D eigenvalue weighted by atomic mass is 10.3. The molecule has 0 saturated carbocycles. The van der Waals surface area contributed by atoms with Crippen LogP contribution in [0.2, 0.25) is 0 Å². The minimum absolute atomic E-state index is 0.790. The zero-order valence-corrected chi connectivity index (χ0v) is 10.9. The largest absolute Gasteiger partial charge is 0.330 e. The van der Waals surface area contributed by atoms with Gasteiger partial charge in [0.2, 0.25) is 0 Å². The van der Waals surface area contributed by atoms with E-state index in [0.29, 0.717) is 0 Å². The Bertz CT molecular complexity index is 102. The number of nitrogens with one attached hydrogen (secondary N) is 3. The van der Waals surface area contributed by atoms with E-state index in [4.69, 9.17) is 5.73 Å². The number of hydrogen-bond donors (Lipinski definition) is 4. The van der Waals surface area contributed by atoms with Crippen LogP contribution in [-0.2, 0) is 0 Å². The molecule has 0 aliphatic heterocycles. The van der Waals surface area contributed by atoms with Crippen molar-refractivity contribution < 1.29 is 0 Å². The molecular weight excluding hydrogens is 207 g/mol. The van der Waals surface area contributed by atoms with Crippen molar-refractivity contribution >= 4 is 9.39 Å². The molecule has 0 bridgehead atoms. The summed E-state index contributed by atoms with van der Waals surface area (Å²) < 4.78 is 0. The van der Waals surface area contributed by atoms with Gasteiger partial charge in [-0.1, -0.05) is 9.39 Å². The minimum atomic E-state index is 0.790. The van der Waals surface area contributed by atoms with Crippen LogP contribution in [0.1, 0.15) is 25.7 Å². The van der Waals surface area contributed by atoms with Crippen molar-refractivity contribution in [2.75, 3.05) is 39.3 Å². The van der Waals surface area contributed by atoms with Crippen LogP contribution in [0.25, 0.3) is 0 Å². The van der Waals surface area contributed by atoms with Gasteiger partial charge in [-0.2, -0.15) is 0 Å². The van der Waals surface area contributed by atoms with E-state index in [1.807, 2.05) is 0 Å². The highest BCUT2D eigenvalue weighted by atomic mass is 31.0. The number of nitrogens with two attached hydrogens (primary N) is 1. The first-order valence-corrected chi connectivity index (χ1v) is 6.54. The highest BCUT2D eigenvalue weighted by Gasteiger charge is 1.89. The first-order chi connectivity index (χ1) is 7.41. The molecule has 0 aliphatic carbocycles. The maximum Gasteiger partial charge on any atom is -0.000234 e. The molecule has 0 radical (unpaired) electrons. The molecule has 0 aromatic carbocycles. The summed E-state index contributed by atoms with van der Waals surface area (Å²) in [6.07, 6.45) is 4.78. The number of unbranched alkanes of at least 4 members (excludes halogenated alkanes) is 1. The fraction of sp³-hybridized carbons (Fsp3) is 1.00. The fourth-order valence-electron chi connectivity index (χ4n) is 1.29. The van der Waals surface area contributed by atoms with E-state index in [1.54, 1.807) is 0 Å². The van der Waals surface area contributed by atoms with Crippen LogP contribution in [-0.4, -0.2) is 39.3 Å². The van der Waals surface area contributed by atoms with Crippen molar-refractivity contribution in [1.29, 1.82) is 0 Å². The Kier molecular flexibility index (Phi) is 14.5. The second-order valence-electron chi connectivity index (χ2n) is 3.66. The standard InChI is InChI=1S/C10H27N4P/c11-5-3-8-12-6-1-2-7-13-9-4-10-14-15/h12-14H,1-11,15H2. The van der Waals surface area contributed by atoms with E-state index < -0.39 is 0 Å². The molecule has 0 rings (SSSR count). The third kappa shape index (κ3) is 14.3. The summed E-state index contributed by atoms with van der Waals surface area (Å²) in [5.41, 5.74) is 5.39. The second-order valence-corrected chi connectivity index (χ2v) is 4.07. The van der Waals surface area contributed by atoms with Gasteiger partial charge in [-0.3, -0.25) is 0 Å². The molecule has 1 atom stereocenters. The molecule has 0 aromatic heterocycles. The SMILES string of the molecule is NCCCNCCCCNCCCNP. The first kappa shape index (κ1) is 15.3. The number of hydrogen-bond acceptors (Lipinski definition) is 4. The van der Waals surface area contributed by atoms with E-state index in [2.05, 4.69) is 25.1 Å². The molecule has 15 heavy (non-hydrogen) atoms. The van der Waals surface area contributed by atoms with Crippen LogP contribution >= 0.6 is 9.39 Å². The molecule has 0 aliphatic rings. The summed E-state index contributed by atoms with van der Waals surface area (Å²) in [4.78, 5) is 0. The number of rotatable bonds is 12. The maximum atomic E-state index is 5.39. The van der Waals surface area contributed by atoms with Crippen molar-refractivity contribution in [3.8, 4) is 0 Å². The lowest BCUT2D eigenvalue weighted by Gasteiger charge is -2.05. The molecule has 0 aromatic rings. The van der Waals surface area contributed by atoms with Crippen LogP contribution in [0.4, 0.5) is 0 Å². The van der Waals surface area contributed by atoms with Gasteiger partial charge in [-0.15, -0.1) is 0 Å². The van der Waals surface area contributed by atoms with Gasteiger partial charge in [0.05, 0.1) is 0 Å². The monoisotopic (exact) mass is 234 g/mol.